The Hall–Kier alpha value is -1.35. The molecule has 0 amide bonds. The van der Waals surface area contributed by atoms with Crippen molar-refractivity contribution in [2.24, 2.45) is 0 Å². The van der Waals surface area contributed by atoms with Crippen LogP contribution in [-0.4, -0.2) is 17.6 Å². The van der Waals surface area contributed by atoms with Crippen molar-refractivity contribution in [3.05, 3.63) is 36.0 Å². The van der Waals surface area contributed by atoms with Crippen molar-refractivity contribution in [2.75, 3.05) is 12.3 Å². The van der Waals surface area contributed by atoms with Gasteiger partial charge in [0.2, 0.25) is 0 Å². The first-order valence-electron chi connectivity index (χ1n) is 5.93. The minimum absolute atomic E-state index is 0.598. The number of nitrogens with one attached hydrogen (secondary N) is 1. The molecule has 86 valence electrons. The predicted octanol–water partition coefficient (Wildman–Crippen LogP) is 1.90. The highest BCUT2D eigenvalue weighted by atomic mass is 14.9. The third-order valence-corrected chi connectivity index (χ3v) is 2.69. The smallest absolute Gasteiger partial charge is 0.123 e. The zero-order valence-corrected chi connectivity index (χ0v) is 9.52. The lowest BCUT2D eigenvalue weighted by atomic mass is 10.2. The summed E-state index contributed by atoms with van der Waals surface area (Å²) in [6, 6.07) is 4.74. The second kappa shape index (κ2) is 5.66. The van der Waals surface area contributed by atoms with Gasteiger partial charge < -0.3 is 11.1 Å². The number of nitrogens with two attached hydrogens (primary N) is 1. The molecule has 16 heavy (non-hydrogen) atoms. The molecule has 1 saturated carbocycles. The van der Waals surface area contributed by atoms with E-state index in [1.165, 1.54) is 18.4 Å². The average Bonchev–Trinajstić information content (AvgIpc) is 3.07. The maximum atomic E-state index is 5.61. The van der Waals surface area contributed by atoms with Gasteiger partial charge in [-0.05, 0) is 49.9 Å². The van der Waals surface area contributed by atoms with Crippen LogP contribution in [-0.2, 0) is 6.42 Å². The molecule has 3 nitrogen and oxygen atoms in total. The lowest BCUT2D eigenvalue weighted by molar-refractivity contribution is 0.690. The number of pyridine rings is 1. The fourth-order valence-corrected chi connectivity index (χ4v) is 1.62. The molecule has 1 aliphatic rings. The number of nitrogens with zero attached hydrogens (tertiary/aromatic N) is 1. The Balaban J connectivity index is 1.63. The average molecular weight is 217 g/mol. The summed E-state index contributed by atoms with van der Waals surface area (Å²) in [5.41, 5.74) is 6.83. The number of anilines is 1. The first-order valence-corrected chi connectivity index (χ1v) is 5.93. The quantitative estimate of drug-likeness (QED) is 0.565. The number of rotatable bonds is 6. The molecule has 3 N–H and O–H groups in total. The fraction of sp³-hybridized carbons (Fsp3) is 0.462. The van der Waals surface area contributed by atoms with Crippen LogP contribution >= 0.6 is 0 Å². The SMILES string of the molecule is Nc1cc(CC=CCCNC2CC2)ccn1. The van der Waals surface area contributed by atoms with Crippen LogP contribution < -0.4 is 11.1 Å². The summed E-state index contributed by atoms with van der Waals surface area (Å²) in [5, 5.41) is 3.48. The van der Waals surface area contributed by atoms with Crippen LogP contribution in [0.4, 0.5) is 5.82 Å². The van der Waals surface area contributed by atoms with E-state index in [1.807, 2.05) is 12.1 Å². The highest BCUT2D eigenvalue weighted by Gasteiger charge is 2.19. The molecule has 3 heteroatoms. The summed E-state index contributed by atoms with van der Waals surface area (Å²) >= 11 is 0. The monoisotopic (exact) mass is 217 g/mol. The summed E-state index contributed by atoms with van der Waals surface area (Å²) in [4.78, 5) is 3.97. The molecule has 0 spiro atoms. The van der Waals surface area contributed by atoms with E-state index in [9.17, 15) is 0 Å². The Morgan fingerprint density at radius 1 is 1.44 bits per heavy atom. The number of hydrogen-bond acceptors (Lipinski definition) is 3. The summed E-state index contributed by atoms with van der Waals surface area (Å²) in [7, 11) is 0. The molecule has 0 radical (unpaired) electrons. The molecule has 0 unspecified atom stereocenters. The van der Waals surface area contributed by atoms with Gasteiger partial charge in [-0.1, -0.05) is 12.2 Å². The van der Waals surface area contributed by atoms with Crippen LogP contribution in [0.5, 0.6) is 0 Å². The molecule has 0 atom stereocenters. The topological polar surface area (TPSA) is 50.9 Å². The molecule has 1 aromatic rings. The maximum absolute atomic E-state index is 5.61. The molecule has 0 aliphatic heterocycles. The van der Waals surface area contributed by atoms with Gasteiger partial charge in [-0.2, -0.15) is 0 Å². The van der Waals surface area contributed by atoms with Crippen LogP contribution in [0.15, 0.2) is 30.5 Å². The summed E-state index contributed by atoms with van der Waals surface area (Å²) in [6.07, 6.45) is 11.0. The highest BCUT2D eigenvalue weighted by Crippen LogP contribution is 2.18. The Morgan fingerprint density at radius 3 is 3.06 bits per heavy atom. The summed E-state index contributed by atoms with van der Waals surface area (Å²) in [5.74, 6) is 0.598. The Labute approximate surface area is 96.8 Å². The molecular weight excluding hydrogens is 198 g/mol. The lowest BCUT2D eigenvalue weighted by Gasteiger charge is -1.98. The Bertz CT molecular complexity index is 356. The van der Waals surface area contributed by atoms with Crippen LogP contribution in [0.2, 0.25) is 0 Å². The molecule has 0 aromatic carbocycles. The summed E-state index contributed by atoms with van der Waals surface area (Å²) in [6.45, 7) is 1.10. The molecule has 0 saturated heterocycles. The standard InChI is InChI=1S/C13H19N3/c14-13-10-11(7-9-16-13)4-2-1-3-8-15-12-5-6-12/h1-2,7,9-10,12,15H,3-6,8H2,(H2,14,16). The maximum Gasteiger partial charge on any atom is 0.123 e. The van der Waals surface area contributed by atoms with E-state index < -0.39 is 0 Å². The van der Waals surface area contributed by atoms with Crippen LogP contribution in [0.25, 0.3) is 0 Å². The van der Waals surface area contributed by atoms with Gasteiger partial charge in [0, 0.05) is 12.2 Å². The second-order valence-corrected chi connectivity index (χ2v) is 4.28. The van der Waals surface area contributed by atoms with E-state index in [-0.39, 0.29) is 0 Å². The van der Waals surface area contributed by atoms with Crippen molar-refractivity contribution in [1.29, 1.82) is 0 Å². The number of allylic oxidation sites excluding steroid dienone is 1. The fourth-order valence-electron chi connectivity index (χ4n) is 1.62. The molecular formula is C13H19N3. The van der Waals surface area contributed by atoms with E-state index in [1.54, 1.807) is 6.20 Å². The minimum atomic E-state index is 0.598. The number of aromatic nitrogens is 1. The molecule has 1 aliphatic carbocycles. The van der Waals surface area contributed by atoms with Gasteiger partial charge in [0.15, 0.2) is 0 Å². The van der Waals surface area contributed by atoms with E-state index >= 15 is 0 Å². The van der Waals surface area contributed by atoms with Gasteiger partial charge in [0.25, 0.3) is 0 Å². The van der Waals surface area contributed by atoms with Gasteiger partial charge >= 0.3 is 0 Å². The van der Waals surface area contributed by atoms with E-state index in [0.29, 0.717) is 5.82 Å². The molecule has 1 fully saturated rings. The van der Waals surface area contributed by atoms with Gasteiger partial charge in [-0.15, -0.1) is 0 Å². The number of nitrogen functional groups attached to an aromatic ring is 1. The van der Waals surface area contributed by atoms with Gasteiger partial charge in [-0.3, -0.25) is 0 Å². The van der Waals surface area contributed by atoms with Gasteiger partial charge in [0.05, 0.1) is 0 Å². The predicted molar refractivity (Wildman–Crippen MR) is 67.1 cm³/mol. The zero-order chi connectivity index (χ0) is 11.2. The van der Waals surface area contributed by atoms with Crippen molar-refractivity contribution in [2.45, 2.75) is 31.7 Å². The first kappa shape index (κ1) is 11.1. The van der Waals surface area contributed by atoms with Crippen LogP contribution in [0.3, 0.4) is 0 Å². The molecule has 1 aromatic heterocycles. The van der Waals surface area contributed by atoms with Crippen molar-refractivity contribution in [3.8, 4) is 0 Å². The molecule has 0 bridgehead atoms. The van der Waals surface area contributed by atoms with Crippen molar-refractivity contribution >= 4 is 5.82 Å². The number of hydrogen-bond donors (Lipinski definition) is 2. The molecule has 2 rings (SSSR count). The largest absolute Gasteiger partial charge is 0.384 e. The van der Waals surface area contributed by atoms with Gasteiger partial charge in [0.1, 0.15) is 5.82 Å². The van der Waals surface area contributed by atoms with Crippen LogP contribution in [0.1, 0.15) is 24.8 Å². The highest BCUT2D eigenvalue weighted by molar-refractivity contribution is 5.32. The van der Waals surface area contributed by atoms with E-state index in [4.69, 9.17) is 5.73 Å². The van der Waals surface area contributed by atoms with Crippen molar-refractivity contribution in [3.63, 3.8) is 0 Å². The lowest BCUT2D eigenvalue weighted by Crippen LogP contribution is -2.16. The third kappa shape index (κ3) is 4.03. The normalized spacial score (nSPS) is 15.8. The van der Waals surface area contributed by atoms with Crippen LogP contribution in [0, 0.1) is 0 Å². The third-order valence-electron chi connectivity index (χ3n) is 2.69. The Morgan fingerprint density at radius 2 is 2.31 bits per heavy atom. The zero-order valence-electron chi connectivity index (χ0n) is 9.52. The van der Waals surface area contributed by atoms with E-state index in [2.05, 4.69) is 22.5 Å². The second-order valence-electron chi connectivity index (χ2n) is 4.28. The van der Waals surface area contributed by atoms with Crippen molar-refractivity contribution < 1.29 is 0 Å². The first-order chi connectivity index (χ1) is 7.84. The van der Waals surface area contributed by atoms with Crippen molar-refractivity contribution in [1.82, 2.24) is 10.3 Å². The van der Waals surface area contributed by atoms with E-state index in [0.717, 1.165) is 25.4 Å². The summed E-state index contributed by atoms with van der Waals surface area (Å²) < 4.78 is 0. The van der Waals surface area contributed by atoms with Gasteiger partial charge in [-0.25, -0.2) is 4.98 Å². The Kier molecular flexibility index (Phi) is 3.94. The minimum Gasteiger partial charge on any atom is -0.384 e. The molecule has 1 heterocycles.